The number of pyridine rings is 1. The largest absolute Gasteiger partial charge is 0.493 e. The zero-order valence-electron chi connectivity index (χ0n) is 19.4. The van der Waals surface area contributed by atoms with Gasteiger partial charge in [-0.3, -0.25) is 14.5 Å². The van der Waals surface area contributed by atoms with Gasteiger partial charge in [-0.05, 0) is 55.0 Å². The molecule has 0 bridgehead atoms. The van der Waals surface area contributed by atoms with Crippen LogP contribution in [0.4, 0.5) is 10.2 Å². The number of fused-ring (bicyclic) bond motifs is 2. The van der Waals surface area contributed by atoms with E-state index >= 15 is 0 Å². The van der Waals surface area contributed by atoms with E-state index in [0.29, 0.717) is 34.3 Å². The molecule has 3 heterocycles. The number of carbonyl (C=O) groups is 1. The van der Waals surface area contributed by atoms with Crippen LogP contribution in [-0.2, 0) is 0 Å². The van der Waals surface area contributed by atoms with Gasteiger partial charge in [0, 0.05) is 5.69 Å². The molecule has 0 spiro atoms. The molecule has 178 valence electrons. The van der Waals surface area contributed by atoms with E-state index in [0.717, 1.165) is 6.07 Å². The molecule has 1 amide bonds. The Morgan fingerprint density at radius 1 is 0.971 bits per heavy atom. The molecule has 4 aromatic rings. The molecule has 1 unspecified atom stereocenters. The van der Waals surface area contributed by atoms with Crippen LogP contribution in [0.2, 0.25) is 0 Å². The highest BCUT2D eigenvalue weighted by molar-refractivity contribution is 6.10. The summed E-state index contributed by atoms with van der Waals surface area (Å²) in [5, 5.41) is 0.0352. The van der Waals surface area contributed by atoms with E-state index in [1.165, 1.54) is 38.4 Å². The Labute approximate surface area is 199 Å². The average molecular weight is 476 g/mol. The number of halogens is 1. The predicted molar refractivity (Wildman–Crippen MR) is 126 cm³/mol. The number of aromatic nitrogens is 1. The summed E-state index contributed by atoms with van der Waals surface area (Å²) in [6, 6.07) is 11.2. The van der Waals surface area contributed by atoms with Gasteiger partial charge in [-0.2, -0.15) is 0 Å². The number of nitrogens with zero attached hydrogens (tertiary/aromatic N) is 2. The normalized spacial score (nSPS) is 14.8. The van der Waals surface area contributed by atoms with E-state index in [1.807, 2.05) is 0 Å². The van der Waals surface area contributed by atoms with Gasteiger partial charge < -0.3 is 18.6 Å². The van der Waals surface area contributed by atoms with Gasteiger partial charge in [-0.25, -0.2) is 9.37 Å². The molecule has 9 heteroatoms. The molecular formula is C26H21FN2O6. The fourth-order valence-electron chi connectivity index (χ4n) is 4.42. The van der Waals surface area contributed by atoms with E-state index in [-0.39, 0.29) is 22.3 Å². The Morgan fingerprint density at radius 3 is 2.31 bits per heavy atom. The summed E-state index contributed by atoms with van der Waals surface area (Å²) < 4.78 is 36.3. The summed E-state index contributed by atoms with van der Waals surface area (Å²) in [7, 11) is 4.42. The van der Waals surface area contributed by atoms with Crippen LogP contribution in [0.15, 0.2) is 57.7 Å². The summed E-state index contributed by atoms with van der Waals surface area (Å²) in [6.07, 6.45) is 0. The van der Waals surface area contributed by atoms with Crippen molar-refractivity contribution < 1.29 is 27.8 Å². The van der Waals surface area contributed by atoms with Crippen molar-refractivity contribution in [2.24, 2.45) is 0 Å². The van der Waals surface area contributed by atoms with Crippen LogP contribution in [0.5, 0.6) is 17.2 Å². The number of anilines is 1. The van der Waals surface area contributed by atoms with Crippen LogP contribution in [-0.4, -0.2) is 32.2 Å². The molecule has 0 N–H and O–H groups in total. The van der Waals surface area contributed by atoms with E-state index < -0.39 is 23.2 Å². The minimum atomic E-state index is -0.940. The van der Waals surface area contributed by atoms with Crippen LogP contribution in [0.1, 0.15) is 33.4 Å². The maximum atomic E-state index is 14.0. The molecule has 2 aromatic carbocycles. The summed E-state index contributed by atoms with van der Waals surface area (Å²) in [5.74, 6) is 0.116. The SMILES string of the molecule is COc1cc(C2c3c(oc4ccc(F)cc4c3=O)C(=O)N2c2cccc(C)n2)cc(OC)c1OC. The lowest BCUT2D eigenvalue weighted by Crippen LogP contribution is -2.30. The second-order valence-electron chi connectivity index (χ2n) is 7.99. The summed E-state index contributed by atoms with van der Waals surface area (Å²) >= 11 is 0. The molecular weight excluding hydrogens is 455 g/mol. The lowest BCUT2D eigenvalue weighted by Gasteiger charge is -2.25. The first-order valence-corrected chi connectivity index (χ1v) is 10.7. The van der Waals surface area contributed by atoms with Crippen molar-refractivity contribution in [2.75, 3.05) is 26.2 Å². The van der Waals surface area contributed by atoms with Gasteiger partial charge in [-0.1, -0.05) is 6.07 Å². The molecule has 35 heavy (non-hydrogen) atoms. The number of hydrogen-bond donors (Lipinski definition) is 0. The molecule has 1 aliphatic heterocycles. The first-order chi connectivity index (χ1) is 16.9. The van der Waals surface area contributed by atoms with Gasteiger partial charge in [0.15, 0.2) is 16.9 Å². The summed E-state index contributed by atoms with van der Waals surface area (Å²) in [6.45, 7) is 1.80. The second kappa shape index (κ2) is 8.43. The number of aryl methyl sites for hydroxylation is 1. The first kappa shape index (κ1) is 22.4. The molecule has 8 nitrogen and oxygen atoms in total. The third-order valence-electron chi connectivity index (χ3n) is 5.96. The number of carbonyl (C=O) groups excluding carboxylic acids is 1. The van der Waals surface area contributed by atoms with Crippen LogP contribution in [0.25, 0.3) is 11.0 Å². The van der Waals surface area contributed by atoms with Crippen molar-refractivity contribution >= 4 is 22.7 Å². The minimum Gasteiger partial charge on any atom is -0.493 e. The van der Waals surface area contributed by atoms with Gasteiger partial charge in [0.2, 0.25) is 11.5 Å². The van der Waals surface area contributed by atoms with Crippen molar-refractivity contribution in [3.05, 3.63) is 87.2 Å². The fourth-order valence-corrected chi connectivity index (χ4v) is 4.42. The quantitative estimate of drug-likeness (QED) is 0.421. The average Bonchev–Trinajstić information content (AvgIpc) is 3.16. The lowest BCUT2D eigenvalue weighted by molar-refractivity contribution is 0.0970. The van der Waals surface area contributed by atoms with Gasteiger partial charge >= 0.3 is 0 Å². The minimum absolute atomic E-state index is 0.0352. The second-order valence-corrected chi connectivity index (χ2v) is 7.99. The van der Waals surface area contributed by atoms with Crippen LogP contribution in [0, 0.1) is 12.7 Å². The highest BCUT2D eigenvalue weighted by atomic mass is 19.1. The van der Waals surface area contributed by atoms with Gasteiger partial charge in [-0.15, -0.1) is 0 Å². The molecule has 1 atom stereocenters. The van der Waals surface area contributed by atoms with E-state index in [1.54, 1.807) is 37.3 Å². The number of rotatable bonds is 5. The third-order valence-corrected chi connectivity index (χ3v) is 5.96. The first-order valence-electron chi connectivity index (χ1n) is 10.7. The van der Waals surface area contributed by atoms with Crippen LogP contribution < -0.4 is 24.5 Å². The summed E-state index contributed by atoms with van der Waals surface area (Å²) in [5.41, 5.74) is 0.860. The van der Waals surface area contributed by atoms with Crippen molar-refractivity contribution in [2.45, 2.75) is 13.0 Å². The highest BCUT2D eigenvalue weighted by Crippen LogP contribution is 2.46. The predicted octanol–water partition coefficient (Wildman–Crippen LogP) is 4.41. The molecule has 2 aromatic heterocycles. The topological polar surface area (TPSA) is 91.1 Å². The van der Waals surface area contributed by atoms with Crippen molar-refractivity contribution in [1.29, 1.82) is 0 Å². The van der Waals surface area contributed by atoms with E-state index in [2.05, 4.69) is 4.98 Å². The number of ether oxygens (including phenoxy) is 3. The third kappa shape index (κ3) is 3.47. The van der Waals surface area contributed by atoms with Gasteiger partial charge in [0.25, 0.3) is 5.91 Å². The zero-order valence-corrected chi connectivity index (χ0v) is 19.4. The molecule has 5 rings (SSSR count). The Morgan fingerprint density at radius 2 is 1.69 bits per heavy atom. The Hall–Kier alpha value is -4.40. The molecule has 0 aliphatic carbocycles. The fraction of sp³-hybridized carbons (Fsp3) is 0.192. The maximum absolute atomic E-state index is 14.0. The molecule has 0 saturated heterocycles. The lowest BCUT2D eigenvalue weighted by atomic mass is 9.97. The van der Waals surface area contributed by atoms with E-state index in [4.69, 9.17) is 18.6 Å². The summed E-state index contributed by atoms with van der Waals surface area (Å²) in [4.78, 5) is 33.2. The standard InChI is InChI=1S/C26H21FN2O6/c1-13-6-5-7-20(28-13)29-22(14-10-18(32-2)24(34-4)19(11-14)33-3)21-23(30)16-12-15(27)8-9-17(16)35-25(21)26(29)31/h5-12,22H,1-4H3. The van der Waals surface area contributed by atoms with Gasteiger partial charge in [0.1, 0.15) is 17.2 Å². The Balaban J connectivity index is 1.85. The van der Waals surface area contributed by atoms with Crippen molar-refractivity contribution in [3.63, 3.8) is 0 Å². The smallest absolute Gasteiger partial charge is 0.296 e. The monoisotopic (exact) mass is 476 g/mol. The Kier molecular flexibility index (Phi) is 5.39. The molecule has 0 saturated carbocycles. The number of hydrogen-bond acceptors (Lipinski definition) is 7. The van der Waals surface area contributed by atoms with Gasteiger partial charge in [0.05, 0.1) is 38.3 Å². The van der Waals surface area contributed by atoms with Crippen LogP contribution in [0.3, 0.4) is 0 Å². The Bertz CT molecular complexity index is 1520. The zero-order chi connectivity index (χ0) is 24.9. The maximum Gasteiger partial charge on any atom is 0.296 e. The number of methoxy groups -OCH3 is 3. The van der Waals surface area contributed by atoms with Crippen molar-refractivity contribution in [3.8, 4) is 17.2 Å². The molecule has 1 aliphatic rings. The van der Waals surface area contributed by atoms with Crippen LogP contribution >= 0.6 is 0 Å². The van der Waals surface area contributed by atoms with E-state index in [9.17, 15) is 14.0 Å². The molecule has 0 radical (unpaired) electrons. The highest BCUT2D eigenvalue weighted by Gasteiger charge is 2.45. The van der Waals surface area contributed by atoms with Crippen molar-refractivity contribution in [1.82, 2.24) is 4.98 Å². The molecule has 0 fully saturated rings. The number of benzene rings is 2. The number of amides is 1.